The van der Waals surface area contributed by atoms with Gasteiger partial charge in [0, 0.05) is 18.9 Å². The third-order valence-corrected chi connectivity index (χ3v) is 4.84. The van der Waals surface area contributed by atoms with E-state index in [9.17, 15) is 4.79 Å². The van der Waals surface area contributed by atoms with Crippen LogP contribution in [-0.2, 0) is 0 Å². The highest BCUT2D eigenvalue weighted by Crippen LogP contribution is 2.26. The molecule has 6 nitrogen and oxygen atoms in total. The Morgan fingerprint density at radius 2 is 1.92 bits per heavy atom. The molecular weight excluding hydrogens is 314 g/mol. The van der Waals surface area contributed by atoms with E-state index in [1.54, 1.807) is 0 Å². The molecule has 25 heavy (non-hydrogen) atoms. The summed E-state index contributed by atoms with van der Waals surface area (Å²) in [7, 11) is 0. The van der Waals surface area contributed by atoms with Crippen LogP contribution in [0, 0.1) is 5.92 Å². The lowest BCUT2D eigenvalue weighted by atomic mass is 9.95. The van der Waals surface area contributed by atoms with Crippen LogP contribution >= 0.6 is 0 Å². The van der Waals surface area contributed by atoms with Gasteiger partial charge in [0.25, 0.3) is 5.91 Å². The fraction of sp³-hybridized carbons (Fsp3) is 0.421. The SMILES string of the molecule is CC1CCN([C@@H](CNC(=O)c2nccnc2N)c2ccccc2)CC1. The molecule has 0 unspecified atom stereocenters. The van der Waals surface area contributed by atoms with Crippen molar-refractivity contribution in [1.82, 2.24) is 20.2 Å². The number of piperidine rings is 1. The number of aromatic nitrogens is 2. The highest BCUT2D eigenvalue weighted by atomic mass is 16.1. The Hall–Kier alpha value is -2.47. The number of nitrogens with one attached hydrogen (secondary N) is 1. The van der Waals surface area contributed by atoms with Crippen LogP contribution in [0.4, 0.5) is 5.82 Å². The van der Waals surface area contributed by atoms with Gasteiger partial charge in [-0.05, 0) is 37.4 Å². The second-order valence-electron chi connectivity index (χ2n) is 6.65. The van der Waals surface area contributed by atoms with Gasteiger partial charge < -0.3 is 11.1 Å². The molecule has 2 aromatic rings. The lowest BCUT2D eigenvalue weighted by Gasteiger charge is -2.37. The van der Waals surface area contributed by atoms with Crippen molar-refractivity contribution in [1.29, 1.82) is 0 Å². The number of carbonyl (C=O) groups excluding carboxylic acids is 1. The largest absolute Gasteiger partial charge is 0.382 e. The van der Waals surface area contributed by atoms with Crippen molar-refractivity contribution in [2.45, 2.75) is 25.8 Å². The van der Waals surface area contributed by atoms with Crippen molar-refractivity contribution in [3.05, 3.63) is 54.0 Å². The van der Waals surface area contributed by atoms with E-state index in [1.165, 1.54) is 30.8 Å². The summed E-state index contributed by atoms with van der Waals surface area (Å²) in [5.41, 5.74) is 7.15. The number of nitrogens with two attached hydrogens (primary N) is 1. The van der Waals surface area contributed by atoms with E-state index in [2.05, 4.69) is 39.2 Å². The summed E-state index contributed by atoms with van der Waals surface area (Å²) in [5, 5.41) is 2.98. The summed E-state index contributed by atoms with van der Waals surface area (Å²) in [4.78, 5) is 22.8. The summed E-state index contributed by atoms with van der Waals surface area (Å²) in [5.74, 6) is 0.640. The number of nitrogens with zero attached hydrogens (tertiary/aromatic N) is 3. The smallest absolute Gasteiger partial charge is 0.273 e. The summed E-state index contributed by atoms with van der Waals surface area (Å²) >= 11 is 0. The maximum Gasteiger partial charge on any atom is 0.273 e. The van der Waals surface area contributed by atoms with E-state index < -0.39 is 0 Å². The first-order valence-corrected chi connectivity index (χ1v) is 8.79. The maximum absolute atomic E-state index is 12.4. The van der Waals surface area contributed by atoms with Crippen LogP contribution in [-0.4, -0.2) is 40.4 Å². The lowest BCUT2D eigenvalue weighted by Crippen LogP contribution is -2.42. The van der Waals surface area contributed by atoms with Crippen LogP contribution in [0.3, 0.4) is 0 Å². The van der Waals surface area contributed by atoms with Gasteiger partial charge in [-0.2, -0.15) is 0 Å². The number of likely N-dealkylation sites (tertiary alicyclic amines) is 1. The molecule has 2 heterocycles. The zero-order chi connectivity index (χ0) is 17.6. The monoisotopic (exact) mass is 339 g/mol. The molecule has 3 rings (SSSR count). The molecule has 1 amide bonds. The van der Waals surface area contributed by atoms with E-state index in [0.29, 0.717) is 6.54 Å². The third-order valence-electron chi connectivity index (χ3n) is 4.84. The highest BCUT2D eigenvalue weighted by Gasteiger charge is 2.25. The normalized spacial score (nSPS) is 17.2. The molecule has 1 aliphatic heterocycles. The number of amides is 1. The predicted octanol–water partition coefficient (Wildman–Crippen LogP) is 2.26. The second-order valence-corrected chi connectivity index (χ2v) is 6.65. The molecule has 1 aromatic heterocycles. The van der Waals surface area contributed by atoms with E-state index in [-0.39, 0.29) is 23.5 Å². The molecule has 1 saturated heterocycles. The first kappa shape index (κ1) is 17.4. The zero-order valence-electron chi connectivity index (χ0n) is 14.6. The molecule has 1 aliphatic rings. The average Bonchev–Trinajstić information content (AvgIpc) is 2.64. The van der Waals surface area contributed by atoms with Gasteiger partial charge in [0.15, 0.2) is 11.5 Å². The van der Waals surface area contributed by atoms with E-state index in [4.69, 9.17) is 5.73 Å². The van der Waals surface area contributed by atoms with Gasteiger partial charge in [-0.25, -0.2) is 9.97 Å². The zero-order valence-corrected chi connectivity index (χ0v) is 14.6. The lowest BCUT2D eigenvalue weighted by molar-refractivity contribution is 0.0909. The van der Waals surface area contributed by atoms with E-state index >= 15 is 0 Å². The van der Waals surface area contributed by atoms with E-state index in [1.807, 2.05) is 18.2 Å². The molecule has 1 aromatic carbocycles. The van der Waals surface area contributed by atoms with Gasteiger partial charge in [-0.15, -0.1) is 0 Å². The first-order chi connectivity index (χ1) is 12.1. The Balaban J connectivity index is 1.72. The fourth-order valence-corrected chi connectivity index (χ4v) is 3.27. The Bertz CT molecular complexity index is 698. The number of anilines is 1. The van der Waals surface area contributed by atoms with Crippen molar-refractivity contribution >= 4 is 11.7 Å². The van der Waals surface area contributed by atoms with Crippen LogP contribution < -0.4 is 11.1 Å². The van der Waals surface area contributed by atoms with Crippen molar-refractivity contribution in [3.8, 4) is 0 Å². The number of nitrogen functional groups attached to an aromatic ring is 1. The first-order valence-electron chi connectivity index (χ1n) is 8.79. The molecule has 0 aliphatic carbocycles. The minimum atomic E-state index is -0.281. The van der Waals surface area contributed by atoms with Gasteiger partial charge in [0.1, 0.15) is 0 Å². The standard InChI is InChI=1S/C19H25N5O/c1-14-7-11-24(12-8-14)16(15-5-3-2-4-6-15)13-23-19(25)17-18(20)22-10-9-21-17/h2-6,9-10,14,16H,7-8,11-13H2,1H3,(H2,20,22)(H,23,25)/t16-/m0/s1. The van der Waals surface area contributed by atoms with Gasteiger partial charge in [0.2, 0.25) is 0 Å². The molecular formula is C19H25N5O. The van der Waals surface area contributed by atoms with Crippen molar-refractivity contribution in [2.75, 3.05) is 25.4 Å². The molecule has 0 radical (unpaired) electrons. The highest BCUT2D eigenvalue weighted by molar-refractivity contribution is 5.96. The Morgan fingerprint density at radius 3 is 2.60 bits per heavy atom. The molecule has 0 bridgehead atoms. The maximum atomic E-state index is 12.4. The molecule has 0 spiro atoms. The molecule has 0 saturated carbocycles. The Labute approximate surface area is 148 Å². The number of carbonyl (C=O) groups is 1. The summed E-state index contributed by atoms with van der Waals surface area (Å²) in [6, 6.07) is 10.5. The van der Waals surface area contributed by atoms with Crippen molar-refractivity contribution in [2.24, 2.45) is 5.92 Å². The van der Waals surface area contributed by atoms with Gasteiger partial charge >= 0.3 is 0 Å². The summed E-state index contributed by atoms with van der Waals surface area (Å²) < 4.78 is 0. The predicted molar refractivity (Wildman–Crippen MR) is 97.9 cm³/mol. The summed E-state index contributed by atoms with van der Waals surface area (Å²) in [6.07, 6.45) is 5.34. The molecule has 1 fully saturated rings. The molecule has 1 atom stereocenters. The fourth-order valence-electron chi connectivity index (χ4n) is 3.27. The number of hydrogen-bond acceptors (Lipinski definition) is 5. The average molecular weight is 339 g/mol. The van der Waals surface area contributed by atoms with Crippen LogP contribution in [0.15, 0.2) is 42.7 Å². The minimum absolute atomic E-state index is 0.149. The molecule has 3 N–H and O–H groups in total. The molecule has 132 valence electrons. The minimum Gasteiger partial charge on any atom is -0.382 e. The second kappa shape index (κ2) is 8.07. The van der Waals surface area contributed by atoms with Gasteiger partial charge in [-0.3, -0.25) is 9.69 Å². The molecule has 6 heteroatoms. The Kier molecular flexibility index (Phi) is 5.60. The Morgan fingerprint density at radius 1 is 1.24 bits per heavy atom. The van der Waals surface area contributed by atoms with Crippen LogP contribution in [0.5, 0.6) is 0 Å². The van der Waals surface area contributed by atoms with Crippen molar-refractivity contribution in [3.63, 3.8) is 0 Å². The third kappa shape index (κ3) is 4.33. The number of hydrogen-bond donors (Lipinski definition) is 2. The van der Waals surface area contributed by atoms with Gasteiger partial charge in [0.05, 0.1) is 6.04 Å². The number of benzene rings is 1. The van der Waals surface area contributed by atoms with Crippen LogP contribution in [0.25, 0.3) is 0 Å². The van der Waals surface area contributed by atoms with Crippen LogP contribution in [0.1, 0.15) is 41.9 Å². The topological polar surface area (TPSA) is 84.1 Å². The van der Waals surface area contributed by atoms with Gasteiger partial charge in [-0.1, -0.05) is 37.3 Å². The van der Waals surface area contributed by atoms with E-state index in [0.717, 1.165) is 19.0 Å². The van der Waals surface area contributed by atoms with Crippen molar-refractivity contribution < 1.29 is 4.79 Å². The number of rotatable bonds is 5. The quantitative estimate of drug-likeness (QED) is 0.873. The van der Waals surface area contributed by atoms with Crippen LogP contribution in [0.2, 0.25) is 0 Å². The summed E-state index contributed by atoms with van der Waals surface area (Å²) in [6.45, 7) is 4.91.